The molecular weight excluding hydrogens is 453 g/mol. The standard InChI is InChI=1S/C24H23Cl2NO5/c1-32-15-8-9-17(25)16(12-15)22(29)20-21(13-7-10-19(28)18(26)11-13)27(24(31)23(20)30)14-5-3-2-4-6-14/h7-12,14,21,28-29H,2-6H2,1H3/b22-20+. The summed E-state index contributed by atoms with van der Waals surface area (Å²) in [5.74, 6) is -1.48. The lowest BCUT2D eigenvalue weighted by atomic mass is 9.91. The number of carbonyl (C=O) groups is 2. The predicted molar refractivity (Wildman–Crippen MR) is 122 cm³/mol. The molecule has 1 saturated heterocycles. The minimum atomic E-state index is -0.849. The predicted octanol–water partition coefficient (Wildman–Crippen LogP) is 5.46. The Labute approximate surface area is 196 Å². The Hall–Kier alpha value is -2.70. The van der Waals surface area contributed by atoms with Gasteiger partial charge < -0.3 is 19.8 Å². The van der Waals surface area contributed by atoms with Crippen molar-refractivity contribution in [2.75, 3.05) is 7.11 Å². The highest BCUT2D eigenvalue weighted by atomic mass is 35.5. The van der Waals surface area contributed by atoms with Crippen LogP contribution < -0.4 is 4.74 Å². The smallest absolute Gasteiger partial charge is 0.295 e. The van der Waals surface area contributed by atoms with Crippen molar-refractivity contribution in [2.24, 2.45) is 0 Å². The van der Waals surface area contributed by atoms with Gasteiger partial charge in [0.25, 0.3) is 11.7 Å². The van der Waals surface area contributed by atoms with Gasteiger partial charge in [0.1, 0.15) is 17.3 Å². The second-order valence-electron chi connectivity index (χ2n) is 8.05. The van der Waals surface area contributed by atoms with E-state index in [0.717, 1.165) is 32.1 Å². The van der Waals surface area contributed by atoms with Crippen LogP contribution in [0.2, 0.25) is 10.0 Å². The van der Waals surface area contributed by atoms with Gasteiger partial charge in [-0.25, -0.2) is 0 Å². The molecule has 4 rings (SSSR count). The number of nitrogens with zero attached hydrogens (tertiary/aromatic N) is 1. The number of hydrogen-bond acceptors (Lipinski definition) is 5. The van der Waals surface area contributed by atoms with Crippen LogP contribution in [0.3, 0.4) is 0 Å². The summed E-state index contributed by atoms with van der Waals surface area (Å²) in [5.41, 5.74) is 0.665. The number of ether oxygens (including phenoxy) is 1. The van der Waals surface area contributed by atoms with E-state index in [4.69, 9.17) is 27.9 Å². The first-order chi connectivity index (χ1) is 15.3. The van der Waals surface area contributed by atoms with E-state index in [1.807, 2.05) is 0 Å². The molecule has 2 aromatic rings. The highest BCUT2D eigenvalue weighted by Gasteiger charge is 2.49. The summed E-state index contributed by atoms with van der Waals surface area (Å²) >= 11 is 12.5. The number of phenolic OH excluding ortho intramolecular Hbond substituents is 1. The number of rotatable bonds is 4. The Bertz CT molecular complexity index is 1110. The van der Waals surface area contributed by atoms with Crippen LogP contribution in [0.25, 0.3) is 5.76 Å². The number of carbonyl (C=O) groups excluding carboxylic acids is 2. The maximum absolute atomic E-state index is 13.2. The highest BCUT2D eigenvalue weighted by molar-refractivity contribution is 6.47. The van der Waals surface area contributed by atoms with Gasteiger partial charge in [-0.05, 0) is 48.7 Å². The number of benzene rings is 2. The molecular formula is C24H23Cl2NO5. The van der Waals surface area contributed by atoms with Gasteiger partial charge in [-0.15, -0.1) is 0 Å². The van der Waals surface area contributed by atoms with Crippen LogP contribution >= 0.6 is 23.2 Å². The quantitative estimate of drug-likeness (QED) is 0.348. The average molecular weight is 476 g/mol. The fourth-order valence-electron chi connectivity index (χ4n) is 4.56. The molecule has 0 radical (unpaired) electrons. The molecule has 1 aliphatic carbocycles. The Balaban J connectivity index is 1.92. The molecule has 6 nitrogen and oxygen atoms in total. The summed E-state index contributed by atoms with van der Waals surface area (Å²) in [5, 5.41) is 21.4. The topological polar surface area (TPSA) is 87.1 Å². The van der Waals surface area contributed by atoms with Gasteiger partial charge in [-0.3, -0.25) is 9.59 Å². The van der Waals surface area contributed by atoms with Crippen molar-refractivity contribution in [3.05, 3.63) is 63.1 Å². The van der Waals surface area contributed by atoms with Crippen LogP contribution in [0, 0.1) is 0 Å². The molecule has 32 heavy (non-hydrogen) atoms. The fraction of sp³-hybridized carbons (Fsp3) is 0.333. The lowest BCUT2D eigenvalue weighted by molar-refractivity contribution is -0.141. The molecule has 2 aliphatic rings. The molecule has 0 bridgehead atoms. The molecule has 168 valence electrons. The van der Waals surface area contributed by atoms with Gasteiger partial charge in [0.2, 0.25) is 0 Å². The van der Waals surface area contributed by atoms with Crippen LogP contribution in [0.1, 0.15) is 49.3 Å². The average Bonchev–Trinajstić information content (AvgIpc) is 3.06. The number of aliphatic hydroxyl groups is 1. The number of halogens is 2. The minimum absolute atomic E-state index is 0.0579. The van der Waals surface area contributed by atoms with Gasteiger partial charge >= 0.3 is 0 Å². The molecule has 2 aromatic carbocycles. The molecule has 0 aromatic heterocycles. The van der Waals surface area contributed by atoms with E-state index >= 15 is 0 Å². The second-order valence-corrected chi connectivity index (χ2v) is 8.87. The van der Waals surface area contributed by atoms with E-state index in [0.29, 0.717) is 11.3 Å². The summed E-state index contributed by atoms with van der Waals surface area (Å²) in [4.78, 5) is 28.0. The van der Waals surface area contributed by atoms with Crippen LogP contribution in [0.4, 0.5) is 0 Å². The van der Waals surface area contributed by atoms with E-state index in [2.05, 4.69) is 0 Å². The van der Waals surface area contributed by atoms with Gasteiger partial charge in [-0.2, -0.15) is 0 Å². The van der Waals surface area contributed by atoms with Gasteiger partial charge in [0, 0.05) is 11.6 Å². The largest absolute Gasteiger partial charge is 0.507 e. The summed E-state index contributed by atoms with van der Waals surface area (Å²) in [6.45, 7) is 0. The number of ketones is 1. The Kier molecular flexibility index (Phi) is 6.35. The molecule has 1 heterocycles. The van der Waals surface area contributed by atoms with Gasteiger partial charge in [0.15, 0.2) is 0 Å². The first-order valence-electron chi connectivity index (χ1n) is 10.5. The third-order valence-electron chi connectivity index (χ3n) is 6.16. The molecule has 1 aliphatic heterocycles. The zero-order valence-corrected chi connectivity index (χ0v) is 19.0. The second kappa shape index (κ2) is 9.04. The SMILES string of the molecule is COc1ccc(Cl)c(/C(O)=C2\C(=O)C(=O)N(C3CCCCC3)C2c2ccc(O)c(Cl)c2)c1. The molecule has 1 saturated carbocycles. The molecule has 1 amide bonds. The summed E-state index contributed by atoms with van der Waals surface area (Å²) in [6.07, 6.45) is 4.54. The maximum Gasteiger partial charge on any atom is 0.295 e. The van der Waals surface area contributed by atoms with Gasteiger partial charge in [0.05, 0.1) is 28.8 Å². The fourth-order valence-corrected chi connectivity index (χ4v) is 4.96. The van der Waals surface area contributed by atoms with Gasteiger partial charge in [-0.1, -0.05) is 48.5 Å². The number of Topliss-reactive ketones (excluding diaryl/α,β-unsaturated/α-hetero) is 1. The first-order valence-corrected chi connectivity index (χ1v) is 11.2. The zero-order chi connectivity index (χ0) is 23.0. The van der Waals surface area contributed by atoms with Crippen LogP contribution in [0.5, 0.6) is 11.5 Å². The number of aliphatic hydroxyl groups excluding tert-OH is 1. The number of likely N-dealkylation sites (tertiary alicyclic amines) is 1. The summed E-state index contributed by atoms with van der Waals surface area (Å²) in [6, 6.07) is 8.26. The van der Waals surface area contributed by atoms with E-state index in [1.54, 1.807) is 23.1 Å². The molecule has 8 heteroatoms. The first kappa shape index (κ1) is 22.5. The van der Waals surface area contributed by atoms with E-state index in [-0.39, 0.29) is 38.7 Å². The van der Waals surface area contributed by atoms with Crippen LogP contribution in [0.15, 0.2) is 42.0 Å². The summed E-state index contributed by atoms with van der Waals surface area (Å²) in [7, 11) is 1.48. The van der Waals surface area contributed by atoms with Crippen LogP contribution in [-0.4, -0.2) is 40.0 Å². The maximum atomic E-state index is 13.2. The normalized spacial score (nSPS) is 21.2. The van der Waals surface area contributed by atoms with Crippen molar-refractivity contribution < 1.29 is 24.5 Å². The Morgan fingerprint density at radius 2 is 1.75 bits per heavy atom. The third-order valence-corrected chi connectivity index (χ3v) is 6.80. The van der Waals surface area contributed by atoms with Crippen molar-refractivity contribution in [2.45, 2.75) is 44.2 Å². The van der Waals surface area contributed by atoms with Crippen molar-refractivity contribution in [3.63, 3.8) is 0 Å². The van der Waals surface area contributed by atoms with Crippen molar-refractivity contribution in [3.8, 4) is 11.5 Å². The third kappa shape index (κ3) is 3.93. The molecule has 1 atom stereocenters. The lowest BCUT2D eigenvalue weighted by Crippen LogP contribution is -2.40. The van der Waals surface area contributed by atoms with E-state index < -0.39 is 17.7 Å². The monoisotopic (exact) mass is 475 g/mol. The number of hydrogen-bond donors (Lipinski definition) is 2. The zero-order valence-electron chi connectivity index (χ0n) is 17.5. The molecule has 2 N–H and O–H groups in total. The Morgan fingerprint density at radius 3 is 2.41 bits per heavy atom. The molecule has 1 unspecified atom stereocenters. The van der Waals surface area contributed by atoms with Crippen molar-refractivity contribution >= 4 is 40.7 Å². The summed E-state index contributed by atoms with van der Waals surface area (Å²) < 4.78 is 5.23. The number of methoxy groups -OCH3 is 1. The number of aromatic hydroxyl groups is 1. The van der Waals surface area contributed by atoms with Crippen molar-refractivity contribution in [1.82, 2.24) is 4.90 Å². The lowest BCUT2D eigenvalue weighted by Gasteiger charge is -2.35. The van der Waals surface area contributed by atoms with Crippen molar-refractivity contribution in [1.29, 1.82) is 0 Å². The number of phenols is 1. The van der Waals surface area contributed by atoms with E-state index in [9.17, 15) is 19.8 Å². The number of amides is 1. The molecule has 2 fully saturated rings. The van der Waals surface area contributed by atoms with Crippen LogP contribution in [-0.2, 0) is 9.59 Å². The Morgan fingerprint density at radius 1 is 1.03 bits per heavy atom. The minimum Gasteiger partial charge on any atom is -0.507 e. The highest BCUT2D eigenvalue weighted by Crippen LogP contribution is 2.45. The van der Waals surface area contributed by atoms with E-state index in [1.165, 1.54) is 25.3 Å². The molecule has 0 spiro atoms.